The topological polar surface area (TPSA) is 17.1 Å². The molecular weight excluding hydrogens is 182 g/mol. The first kappa shape index (κ1) is 12.2. The van der Waals surface area contributed by atoms with Crippen molar-refractivity contribution in [3.05, 3.63) is 29.1 Å². The Hall–Kier alpha value is -0.850. The second-order valence-corrected chi connectivity index (χ2v) is 4.30. The van der Waals surface area contributed by atoms with Crippen LogP contribution in [0, 0.1) is 5.92 Å². The average Bonchev–Trinajstić information content (AvgIpc) is 2.20. The molecule has 0 aromatic carbocycles. The second-order valence-electron chi connectivity index (χ2n) is 4.30. The summed E-state index contributed by atoms with van der Waals surface area (Å²) in [6.07, 6.45) is 1.59. The van der Waals surface area contributed by atoms with E-state index < -0.39 is 0 Å². The third-order valence-electron chi connectivity index (χ3n) is 2.43. The Labute approximate surface area is 93.7 Å². The first-order valence-electron chi connectivity index (χ1n) is 5.52. The number of hydrogen-bond donors (Lipinski definition) is 0. The molecule has 1 radical (unpaired) electrons. The number of carbonyl (C=O) groups is 1. The molecule has 0 saturated heterocycles. The molecule has 0 atom stereocenters. The van der Waals surface area contributed by atoms with Crippen LogP contribution < -0.4 is 0 Å². The van der Waals surface area contributed by atoms with Crippen LogP contribution in [-0.2, 0) is 17.6 Å². The number of hydrogen-bond acceptors (Lipinski definition) is 1. The van der Waals surface area contributed by atoms with E-state index in [4.69, 9.17) is 0 Å². The van der Waals surface area contributed by atoms with Gasteiger partial charge in [0, 0.05) is 0 Å². The van der Waals surface area contributed by atoms with Crippen LogP contribution in [0.25, 0.3) is 0 Å². The molecule has 0 fully saturated rings. The fourth-order valence-electron chi connectivity index (χ4n) is 1.66. The molecule has 0 aliphatic rings. The molecule has 1 nitrogen and oxygen atoms in total. The van der Waals surface area contributed by atoms with Crippen molar-refractivity contribution in [2.75, 3.05) is 0 Å². The van der Waals surface area contributed by atoms with E-state index >= 15 is 0 Å². The van der Waals surface area contributed by atoms with Gasteiger partial charge < -0.3 is 0 Å². The van der Waals surface area contributed by atoms with Gasteiger partial charge >= 0.3 is 93.2 Å². The van der Waals surface area contributed by atoms with Gasteiger partial charge in [-0.25, -0.2) is 0 Å². The van der Waals surface area contributed by atoms with Gasteiger partial charge in [0.05, 0.1) is 0 Å². The summed E-state index contributed by atoms with van der Waals surface area (Å²) in [6.45, 7) is 8.32. The van der Waals surface area contributed by atoms with Gasteiger partial charge in [-0.15, -0.1) is 0 Å². The Morgan fingerprint density at radius 2 is 2.27 bits per heavy atom. The summed E-state index contributed by atoms with van der Waals surface area (Å²) in [5.41, 5.74) is 2.68. The molecule has 0 saturated carbocycles. The van der Waals surface area contributed by atoms with Crippen LogP contribution >= 0.6 is 0 Å². The molecule has 0 spiro atoms. The van der Waals surface area contributed by atoms with E-state index in [0.717, 1.165) is 6.42 Å². The van der Waals surface area contributed by atoms with Crippen LogP contribution in [0.4, 0.5) is 0 Å². The summed E-state index contributed by atoms with van der Waals surface area (Å²) in [4.78, 5) is 11.4. The normalized spacial score (nSPS) is 10.1. The van der Waals surface area contributed by atoms with Gasteiger partial charge in [-0.3, -0.25) is 0 Å². The predicted molar refractivity (Wildman–Crippen MR) is 66.7 cm³/mol. The van der Waals surface area contributed by atoms with Crippen molar-refractivity contribution in [1.82, 2.24) is 0 Å². The maximum atomic E-state index is 11.4. The van der Waals surface area contributed by atoms with E-state index in [9.17, 15) is 4.79 Å². The summed E-state index contributed by atoms with van der Waals surface area (Å²) >= 11 is 0. The number of carbonyl (C=O) groups excluding carboxylic acids is 1. The zero-order chi connectivity index (χ0) is 11.3. The molecular formula is C12H17B2O. The summed E-state index contributed by atoms with van der Waals surface area (Å²) < 4.78 is 0. The molecule has 0 amide bonds. The Balaban J connectivity index is 2.81. The van der Waals surface area contributed by atoms with E-state index in [1.165, 1.54) is 11.0 Å². The molecule has 77 valence electrons. The third kappa shape index (κ3) is 4.03. The zero-order valence-corrected chi connectivity index (χ0v) is 9.79. The summed E-state index contributed by atoms with van der Waals surface area (Å²) in [7, 11) is 1.64. The second kappa shape index (κ2) is 5.89. The molecule has 1 aromatic rings. The van der Waals surface area contributed by atoms with Crippen LogP contribution in [0.1, 0.15) is 24.9 Å². The van der Waals surface area contributed by atoms with Crippen LogP contribution in [-0.4, -0.2) is 19.9 Å². The van der Waals surface area contributed by atoms with Gasteiger partial charge in [0.2, 0.25) is 0 Å². The number of rotatable bonds is 5. The molecule has 0 aliphatic carbocycles. The maximum absolute atomic E-state index is 11.4. The first-order valence-corrected chi connectivity index (χ1v) is 5.52. The van der Waals surface area contributed by atoms with Gasteiger partial charge in [-0.1, -0.05) is 0 Å². The van der Waals surface area contributed by atoms with Crippen molar-refractivity contribution < 1.29 is 4.79 Å². The predicted octanol–water partition coefficient (Wildman–Crippen LogP) is 2.04. The molecule has 0 N–H and O–H groups in total. The minimum absolute atomic E-state index is 0.200. The molecule has 3 heteroatoms. The SMILES string of the molecule is C[B]C(=O)Cc1cccbc1CC(C)C. The summed E-state index contributed by atoms with van der Waals surface area (Å²) in [5.74, 6) is 2.67. The first-order chi connectivity index (χ1) is 7.13. The summed E-state index contributed by atoms with van der Waals surface area (Å²) in [5, 5.41) is 0. The van der Waals surface area contributed by atoms with Crippen molar-refractivity contribution in [3.8, 4) is 0 Å². The molecule has 0 unspecified atom stereocenters. The van der Waals surface area contributed by atoms with Gasteiger partial charge in [-0.05, 0) is 0 Å². The van der Waals surface area contributed by atoms with Crippen LogP contribution in [0.2, 0.25) is 6.82 Å². The van der Waals surface area contributed by atoms with Crippen molar-refractivity contribution in [2.24, 2.45) is 5.92 Å². The van der Waals surface area contributed by atoms with E-state index in [2.05, 4.69) is 26.8 Å². The Morgan fingerprint density at radius 3 is 2.87 bits per heavy atom. The van der Waals surface area contributed by atoms with Gasteiger partial charge in [0.1, 0.15) is 0 Å². The van der Waals surface area contributed by atoms with Gasteiger partial charge in [0.15, 0.2) is 0 Å². The van der Waals surface area contributed by atoms with Crippen molar-refractivity contribution in [2.45, 2.75) is 33.5 Å². The Bertz CT molecular complexity index is 334. The fourth-order valence-corrected chi connectivity index (χ4v) is 1.66. The monoisotopic (exact) mass is 199 g/mol. The van der Waals surface area contributed by atoms with Crippen LogP contribution in [0.15, 0.2) is 18.1 Å². The van der Waals surface area contributed by atoms with E-state index in [1.807, 2.05) is 12.0 Å². The molecule has 1 heterocycles. The van der Waals surface area contributed by atoms with Crippen LogP contribution in [0.5, 0.6) is 0 Å². The molecule has 1 aromatic heterocycles. The molecule has 0 bridgehead atoms. The minimum atomic E-state index is 0.200. The molecule has 0 aliphatic heterocycles. The molecule has 1 rings (SSSR count). The van der Waals surface area contributed by atoms with Crippen LogP contribution in [0.3, 0.4) is 0 Å². The Kier molecular flexibility index (Phi) is 4.80. The van der Waals surface area contributed by atoms with Crippen molar-refractivity contribution >= 4 is 19.9 Å². The quantitative estimate of drug-likeness (QED) is 0.663. The van der Waals surface area contributed by atoms with Gasteiger partial charge in [0.25, 0.3) is 0 Å². The van der Waals surface area contributed by atoms with Gasteiger partial charge in [-0.2, -0.15) is 0 Å². The van der Waals surface area contributed by atoms with E-state index in [0.29, 0.717) is 12.3 Å². The fraction of sp³-hybridized carbons (Fsp3) is 0.500. The van der Waals surface area contributed by atoms with E-state index in [1.54, 1.807) is 14.1 Å². The Morgan fingerprint density at radius 1 is 1.53 bits per heavy atom. The molecule has 15 heavy (non-hydrogen) atoms. The standard InChI is InChI=1S/C12H17B2O/c1-9(2)7-11-10(5-4-6-14-11)8-12(15)13-3/h4-6,9H,7-8H2,1-3H3. The van der Waals surface area contributed by atoms with Crippen molar-refractivity contribution in [1.29, 1.82) is 0 Å². The average molecular weight is 199 g/mol. The van der Waals surface area contributed by atoms with E-state index in [-0.39, 0.29) is 5.68 Å². The zero-order valence-electron chi connectivity index (χ0n) is 9.79. The van der Waals surface area contributed by atoms with Crippen molar-refractivity contribution in [3.63, 3.8) is 0 Å². The third-order valence-corrected chi connectivity index (χ3v) is 2.43. The summed E-state index contributed by atoms with van der Waals surface area (Å²) in [6, 6.07) is 4.06.